The van der Waals surface area contributed by atoms with Crippen LogP contribution in [0.15, 0.2) is 145 Å². The SMILES string of the molecule is O=S(=O)(C[C@H](Cc1ccccc1)N=Cc1cccc(-c2ccccc2)c1O)NC(c1ccccc1)c1ccccc1. The van der Waals surface area contributed by atoms with Crippen LogP contribution in [0.1, 0.15) is 28.3 Å². The monoisotopic (exact) mass is 560 g/mol. The summed E-state index contributed by atoms with van der Waals surface area (Å²) in [7, 11) is -3.79. The van der Waals surface area contributed by atoms with Crippen molar-refractivity contribution < 1.29 is 13.5 Å². The third-order valence-corrected chi connectivity index (χ3v) is 8.28. The molecule has 5 nitrogen and oxygen atoms in total. The Labute approximate surface area is 241 Å². The summed E-state index contributed by atoms with van der Waals surface area (Å²) in [6.07, 6.45) is 2.01. The average Bonchev–Trinajstić information content (AvgIpc) is 3.01. The Morgan fingerprint density at radius 2 is 1.22 bits per heavy atom. The number of aliphatic imine (C=N–C) groups is 1. The van der Waals surface area contributed by atoms with Gasteiger partial charge in [0, 0.05) is 17.3 Å². The molecule has 6 heteroatoms. The maximum Gasteiger partial charge on any atom is 0.214 e. The van der Waals surface area contributed by atoms with Gasteiger partial charge >= 0.3 is 0 Å². The summed E-state index contributed by atoms with van der Waals surface area (Å²) in [6, 6.07) is 42.8. The van der Waals surface area contributed by atoms with E-state index >= 15 is 0 Å². The van der Waals surface area contributed by atoms with E-state index in [4.69, 9.17) is 4.99 Å². The molecule has 0 bridgehead atoms. The zero-order chi connectivity index (χ0) is 28.5. The van der Waals surface area contributed by atoms with Gasteiger partial charge in [-0.05, 0) is 34.7 Å². The lowest BCUT2D eigenvalue weighted by Gasteiger charge is -2.21. The van der Waals surface area contributed by atoms with Crippen molar-refractivity contribution in [3.63, 3.8) is 0 Å². The van der Waals surface area contributed by atoms with E-state index < -0.39 is 22.1 Å². The van der Waals surface area contributed by atoms with Crippen LogP contribution in [0.4, 0.5) is 0 Å². The number of benzene rings is 5. The van der Waals surface area contributed by atoms with Gasteiger partial charge in [0.2, 0.25) is 10.0 Å². The number of hydrogen-bond donors (Lipinski definition) is 2. The van der Waals surface area contributed by atoms with Gasteiger partial charge in [-0.25, -0.2) is 13.1 Å². The second-order valence-corrected chi connectivity index (χ2v) is 11.7. The van der Waals surface area contributed by atoms with Crippen LogP contribution in [0.25, 0.3) is 11.1 Å². The molecule has 206 valence electrons. The second kappa shape index (κ2) is 13.2. The van der Waals surface area contributed by atoms with Crippen molar-refractivity contribution in [1.29, 1.82) is 0 Å². The molecule has 2 N–H and O–H groups in total. The second-order valence-electron chi connectivity index (χ2n) is 9.88. The molecule has 5 aromatic carbocycles. The van der Waals surface area contributed by atoms with Gasteiger partial charge in [-0.2, -0.15) is 0 Å². The molecule has 5 aromatic rings. The largest absolute Gasteiger partial charge is 0.507 e. The van der Waals surface area contributed by atoms with Crippen molar-refractivity contribution in [2.75, 3.05) is 5.75 Å². The lowest BCUT2D eigenvalue weighted by Crippen LogP contribution is -2.35. The minimum atomic E-state index is -3.79. The summed E-state index contributed by atoms with van der Waals surface area (Å²) in [5.74, 6) is -0.108. The summed E-state index contributed by atoms with van der Waals surface area (Å²) in [5, 5.41) is 11.0. The predicted molar refractivity (Wildman–Crippen MR) is 167 cm³/mol. The van der Waals surface area contributed by atoms with Crippen LogP contribution in [0.2, 0.25) is 0 Å². The predicted octanol–water partition coefficient (Wildman–Crippen LogP) is 6.80. The van der Waals surface area contributed by atoms with Gasteiger partial charge < -0.3 is 5.11 Å². The van der Waals surface area contributed by atoms with Gasteiger partial charge in [-0.15, -0.1) is 0 Å². The van der Waals surface area contributed by atoms with Gasteiger partial charge in [-0.3, -0.25) is 4.99 Å². The third-order valence-electron chi connectivity index (χ3n) is 6.87. The van der Waals surface area contributed by atoms with Crippen molar-refractivity contribution in [2.45, 2.75) is 18.5 Å². The lowest BCUT2D eigenvalue weighted by molar-refractivity contribution is 0.476. The van der Waals surface area contributed by atoms with Crippen LogP contribution in [0.3, 0.4) is 0 Å². The molecule has 0 aliphatic heterocycles. The van der Waals surface area contributed by atoms with E-state index in [1.165, 1.54) is 0 Å². The van der Waals surface area contributed by atoms with Crippen LogP contribution in [0, 0.1) is 0 Å². The normalized spacial score (nSPS) is 12.5. The third kappa shape index (κ3) is 7.57. The fourth-order valence-electron chi connectivity index (χ4n) is 4.84. The quantitative estimate of drug-likeness (QED) is 0.174. The van der Waals surface area contributed by atoms with Crippen molar-refractivity contribution in [3.8, 4) is 16.9 Å². The Kier molecular flexibility index (Phi) is 9.04. The van der Waals surface area contributed by atoms with E-state index in [9.17, 15) is 13.5 Å². The number of para-hydroxylation sites is 1. The molecule has 0 heterocycles. The highest BCUT2D eigenvalue weighted by atomic mass is 32.2. The summed E-state index contributed by atoms with van der Waals surface area (Å²) in [5.41, 5.74) is 4.80. The maximum absolute atomic E-state index is 13.7. The molecule has 0 fully saturated rings. The van der Waals surface area contributed by atoms with Crippen molar-refractivity contribution in [2.24, 2.45) is 4.99 Å². The van der Waals surface area contributed by atoms with E-state index in [0.29, 0.717) is 17.5 Å². The van der Waals surface area contributed by atoms with Gasteiger partial charge in [0.15, 0.2) is 0 Å². The Bertz CT molecular complexity index is 1640. The van der Waals surface area contributed by atoms with E-state index in [1.54, 1.807) is 12.3 Å². The molecular weight excluding hydrogens is 528 g/mol. The molecule has 5 rings (SSSR count). The highest BCUT2D eigenvalue weighted by Gasteiger charge is 2.25. The fraction of sp³-hybridized carbons (Fsp3) is 0.114. The van der Waals surface area contributed by atoms with Gasteiger partial charge in [-0.1, -0.05) is 133 Å². The Balaban J connectivity index is 1.43. The first kappa shape index (κ1) is 28.0. The fourth-order valence-corrected chi connectivity index (χ4v) is 6.28. The number of nitrogens with one attached hydrogen (secondary N) is 1. The molecule has 0 saturated heterocycles. The minimum Gasteiger partial charge on any atom is -0.507 e. The number of hydrogen-bond acceptors (Lipinski definition) is 4. The highest BCUT2D eigenvalue weighted by molar-refractivity contribution is 7.89. The molecule has 0 aromatic heterocycles. The van der Waals surface area contributed by atoms with Crippen molar-refractivity contribution >= 4 is 16.2 Å². The van der Waals surface area contributed by atoms with E-state index in [2.05, 4.69) is 4.72 Å². The topological polar surface area (TPSA) is 78.8 Å². The smallest absolute Gasteiger partial charge is 0.214 e. The van der Waals surface area contributed by atoms with Gasteiger partial charge in [0.05, 0.1) is 17.8 Å². The summed E-state index contributed by atoms with van der Waals surface area (Å²) in [6.45, 7) is 0. The van der Waals surface area contributed by atoms with Crippen LogP contribution >= 0.6 is 0 Å². The molecule has 41 heavy (non-hydrogen) atoms. The maximum atomic E-state index is 13.7. The molecule has 0 spiro atoms. The molecule has 0 aliphatic carbocycles. The van der Waals surface area contributed by atoms with Crippen LogP contribution in [-0.4, -0.2) is 31.5 Å². The van der Waals surface area contributed by atoms with Gasteiger partial charge in [0.25, 0.3) is 0 Å². The van der Waals surface area contributed by atoms with Crippen LogP contribution in [0.5, 0.6) is 5.75 Å². The Morgan fingerprint density at radius 3 is 1.80 bits per heavy atom. The molecule has 1 atom stereocenters. The first-order valence-corrected chi connectivity index (χ1v) is 15.2. The molecular formula is C35H32N2O3S. The van der Waals surface area contributed by atoms with Crippen LogP contribution in [-0.2, 0) is 16.4 Å². The minimum absolute atomic E-state index is 0.107. The average molecular weight is 561 g/mol. The Morgan fingerprint density at radius 1 is 0.683 bits per heavy atom. The molecule has 0 amide bonds. The summed E-state index contributed by atoms with van der Waals surface area (Å²) >= 11 is 0. The number of aromatic hydroxyl groups is 1. The standard InChI is InChI=1S/C35H32N2O3S/c38-35-31(22-13-23-33(35)28-16-7-2-8-17-28)25-36-32(24-27-14-5-1-6-15-27)26-41(39,40)37-34(29-18-9-3-10-19-29)30-20-11-4-12-21-30/h1-23,25,32,34,37-38H,24,26H2/t32-/m0/s1. The first-order valence-electron chi connectivity index (χ1n) is 13.5. The number of rotatable bonds is 11. The van der Waals surface area contributed by atoms with E-state index in [-0.39, 0.29) is 11.5 Å². The van der Waals surface area contributed by atoms with Crippen molar-refractivity contribution in [1.82, 2.24) is 4.72 Å². The number of nitrogens with zero attached hydrogens (tertiary/aromatic N) is 1. The Hall–Kier alpha value is -4.52. The first-order chi connectivity index (χ1) is 20.0. The molecule has 0 unspecified atom stereocenters. The molecule has 0 saturated carbocycles. The zero-order valence-corrected chi connectivity index (χ0v) is 23.4. The molecule has 0 radical (unpaired) electrons. The zero-order valence-electron chi connectivity index (χ0n) is 22.5. The summed E-state index contributed by atoms with van der Waals surface area (Å²) in [4.78, 5) is 4.72. The van der Waals surface area contributed by atoms with Gasteiger partial charge in [0.1, 0.15) is 5.75 Å². The lowest BCUT2D eigenvalue weighted by atomic mass is 10.00. The summed E-state index contributed by atoms with van der Waals surface area (Å²) < 4.78 is 30.3. The molecule has 0 aliphatic rings. The van der Waals surface area contributed by atoms with Crippen LogP contribution < -0.4 is 4.72 Å². The van der Waals surface area contributed by atoms with E-state index in [0.717, 1.165) is 22.3 Å². The number of phenolic OH excluding ortho intramolecular Hbond substituents is 1. The van der Waals surface area contributed by atoms with Crippen molar-refractivity contribution in [3.05, 3.63) is 162 Å². The number of sulfonamides is 1. The highest BCUT2D eigenvalue weighted by Crippen LogP contribution is 2.31. The van der Waals surface area contributed by atoms with E-state index in [1.807, 2.05) is 133 Å². The number of phenols is 1.